The summed E-state index contributed by atoms with van der Waals surface area (Å²) in [6.45, 7) is 2.97. The third kappa shape index (κ3) is 3.09. The van der Waals surface area contributed by atoms with Gasteiger partial charge in [-0.2, -0.15) is 9.97 Å². The number of ether oxygens (including phenoxy) is 5. The van der Waals surface area contributed by atoms with Crippen molar-refractivity contribution in [3.05, 3.63) is 5.82 Å². The van der Waals surface area contributed by atoms with Crippen molar-refractivity contribution in [1.29, 1.82) is 0 Å². The molecule has 3 fully saturated rings. The average molecular weight is 267 g/mol. The van der Waals surface area contributed by atoms with Gasteiger partial charge in [0.1, 0.15) is 31.5 Å². The molecule has 3 atom stereocenters. The molecule has 0 aliphatic carbocycles. The number of nitrogens with zero attached hydrogens (tertiary/aromatic N) is 3. The zero-order valence-electron chi connectivity index (χ0n) is 10.2. The van der Waals surface area contributed by atoms with Gasteiger partial charge in [0.2, 0.25) is 0 Å². The lowest BCUT2D eigenvalue weighted by Gasteiger charge is -2.07. The van der Waals surface area contributed by atoms with Gasteiger partial charge in [0.25, 0.3) is 0 Å². The van der Waals surface area contributed by atoms with Gasteiger partial charge in [0.15, 0.2) is 5.82 Å². The van der Waals surface area contributed by atoms with E-state index in [0.29, 0.717) is 25.6 Å². The second-order valence-corrected chi connectivity index (χ2v) is 4.61. The van der Waals surface area contributed by atoms with E-state index in [4.69, 9.17) is 23.7 Å². The van der Waals surface area contributed by atoms with Crippen molar-refractivity contribution in [3.63, 3.8) is 0 Å². The number of rotatable bonds is 7. The maximum Gasteiger partial charge on any atom is 0.323 e. The number of hydrogen-bond donors (Lipinski definition) is 0. The molecular weight excluding hydrogens is 254 g/mol. The molecule has 0 saturated carbocycles. The Morgan fingerprint density at radius 3 is 1.79 bits per heavy atom. The summed E-state index contributed by atoms with van der Waals surface area (Å²) in [4.78, 5) is 12.5. The smallest absolute Gasteiger partial charge is 0.323 e. The molecule has 3 aliphatic rings. The van der Waals surface area contributed by atoms with Crippen molar-refractivity contribution in [2.75, 3.05) is 33.0 Å². The molecule has 1 aromatic heterocycles. The molecule has 3 saturated heterocycles. The normalized spacial score (nSPS) is 30.8. The van der Waals surface area contributed by atoms with E-state index in [1.165, 1.54) is 0 Å². The maximum absolute atomic E-state index is 5.46. The van der Waals surface area contributed by atoms with E-state index >= 15 is 0 Å². The van der Waals surface area contributed by atoms with Crippen LogP contribution >= 0.6 is 0 Å². The van der Waals surface area contributed by atoms with Gasteiger partial charge in [-0.15, -0.1) is 4.98 Å². The van der Waals surface area contributed by atoms with Gasteiger partial charge < -0.3 is 23.7 Å². The summed E-state index contributed by atoms with van der Waals surface area (Å²) in [5.41, 5.74) is 0. The molecule has 0 bridgehead atoms. The summed E-state index contributed by atoms with van der Waals surface area (Å²) in [6.07, 6.45) is 0.241. The molecule has 3 unspecified atom stereocenters. The fourth-order valence-corrected chi connectivity index (χ4v) is 1.49. The standard InChI is InChI=1S/C11H13N3O5/c1-6(15-1)3-18-10-12-9(8-5-17-8)13-11(14-10)19-4-7-2-16-7/h6-8H,1-5H2. The number of aromatic nitrogens is 3. The number of hydrogen-bond acceptors (Lipinski definition) is 8. The van der Waals surface area contributed by atoms with Crippen LogP contribution in [0.2, 0.25) is 0 Å². The molecule has 4 heterocycles. The van der Waals surface area contributed by atoms with Crippen molar-refractivity contribution < 1.29 is 23.7 Å². The van der Waals surface area contributed by atoms with E-state index in [0.717, 1.165) is 13.2 Å². The first-order valence-corrected chi connectivity index (χ1v) is 6.23. The molecule has 3 aliphatic heterocycles. The molecule has 8 nitrogen and oxygen atoms in total. The van der Waals surface area contributed by atoms with E-state index in [9.17, 15) is 0 Å². The quantitative estimate of drug-likeness (QED) is 0.610. The molecular formula is C11H13N3O5. The van der Waals surface area contributed by atoms with Crippen molar-refractivity contribution in [1.82, 2.24) is 15.0 Å². The maximum atomic E-state index is 5.46. The van der Waals surface area contributed by atoms with Crippen molar-refractivity contribution in [3.8, 4) is 12.0 Å². The summed E-state index contributed by atoms with van der Waals surface area (Å²) < 4.78 is 26.2. The van der Waals surface area contributed by atoms with Crippen LogP contribution in [0.1, 0.15) is 11.9 Å². The monoisotopic (exact) mass is 267 g/mol. The molecule has 0 amide bonds. The van der Waals surface area contributed by atoms with Gasteiger partial charge in [-0.05, 0) is 0 Å². The molecule has 8 heteroatoms. The molecule has 102 valence electrons. The van der Waals surface area contributed by atoms with Gasteiger partial charge in [-0.1, -0.05) is 0 Å². The molecule has 0 N–H and O–H groups in total. The first-order valence-electron chi connectivity index (χ1n) is 6.23. The van der Waals surface area contributed by atoms with Crippen LogP contribution in [0, 0.1) is 0 Å². The Morgan fingerprint density at radius 2 is 1.37 bits per heavy atom. The predicted octanol–water partition coefficient (Wildman–Crippen LogP) is -0.502. The SMILES string of the molecule is C(Oc1nc(OCC2CO2)nc(C2CO2)n1)C1CO1. The minimum absolute atomic E-state index is 0.0675. The zero-order valence-corrected chi connectivity index (χ0v) is 10.2. The highest BCUT2D eigenvalue weighted by molar-refractivity contribution is 5.10. The molecule has 19 heavy (non-hydrogen) atoms. The topological polar surface area (TPSA) is 94.7 Å². The zero-order chi connectivity index (χ0) is 12.7. The third-order valence-corrected chi connectivity index (χ3v) is 2.83. The summed E-state index contributed by atoms with van der Waals surface area (Å²) in [6, 6.07) is 0.505. The van der Waals surface area contributed by atoms with Crippen LogP contribution in [-0.4, -0.2) is 60.2 Å². The first-order chi connectivity index (χ1) is 9.37. The Balaban J connectivity index is 1.46. The average Bonchev–Trinajstić information content (AvgIpc) is 3.32. The lowest BCUT2D eigenvalue weighted by atomic mass is 10.4. The van der Waals surface area contributed by atoms with E-state index in [1.54, 1.807) is 0 Å². The van der Waals surface area contributed by atoms with Crippen LogP contribution < -0.4 is 9.47 Å². The van der Waals surface area contributed by atoms with Crippen molar-refractivity contribution in [2.45, 2.75) is 18.3 Å². The Kier molecular flexibility index (Phi) is 2.71. The summed E-state index contributed by atoms with van der Waals surface area (Å²) in [7, 11) is 0. The van der Waals surface area contributed by atoms with Crippen LogP contribution in [0.4, 0.5) is 0 Å². The highest BCUT2D eigenvalue weighted by atomic mass is 16.6. The van der Waals surface area contributed by atoms with Gasteiger partial charge in [0, 0.05) is 0 Å². The first kappa shape index (κ1) is 11.3. The largest absolute Gasteiger partial charge is 0.460 e. The highest BCUT2D eigenvalue weighted by Gasteiger charge is 2.31. The second-order valence-electron chi connectivity index (χ2n) is 4.61. The van der Waals surface area contributed by atoms with Crippen LogP contribution in [0.5, 0.6) is 12.0 Å². The minimum Gasteiger partial charge on any atom is -0.460 e. The Hall–Kier alpha value is -1.51. The van der Waals surface area contributed by atoms with E-state index in [-0.39, 0.29) is 30.3 Å². The predicted molar refractivity (Wildman–Crippen MR) is 59.0 cm³/mol. The van der Waals surface area contributed by atoms with E-state index in [1.807, 2.05) is 0 Å². The molecule has 4 rings (SSSR count). The van der Waals surface area contributed by atoms with Crippen molar-refractivity contribution >= 4 is 0 Å². The van der Waals surface area contributed by atoms with Crippen LogP contribution in [-0.2, 0) is 14.2 Å². The fraction of sp³-hybridized carbons (Fsp3) is 0.727. The Bertz CT molecular complexity index is 439. The third-order valence-electron chi connectivity index (χ3n) is 2.83. The summed E-state index contributed by atoms with van der Waals surface area (Å²) in [5.74, 6) is 0.549. The summed E-state index contributed by atoms with van der Waals surface area (Å²) in [5, 5.41) is 0. The second kappa shape index (κ2) is 4.55. The van der Waals surface area contributed by atoms with E-state index < -0.39 is 0 Å². The lowest BCUT2D eigenvalue weighted by Crippen LogP contribution is -2.12. The molecule has 0 spiro atoms. The van der Waals surface area contributed by atoms with Crippen LogP contribution in [0.15, 0.2) is 0 Å². The molecule has 0 aromatic carbocycles. The van der Waals surface area contributed by atoms with Gasteiger partial charge >= 0.3 is 12.0 Å². The Morgan fingerprint density at radius 1 is 0.842 bits per heavy atom. The van der Waals surface area contributed by atoms with E-state index in [2.05, 4.69) is 15.0 Å². The number of epoxide rings is 3. The van der Waals surface area contributed by atoms with Gasteiger partial charge in [-0.3, -0.25) is 0 Å². The highest BCUT2D eigenvalue weighted by Crippen LogP contribution is 2.28. The molecule has 1 aromatic rings. The summed E-state index contributed by atoms with van der Waals surface area (Å²) >= 11 is 0. The fourth-order valence-electron chi connectivity index (χ4n) is 1.49. The van der Waals surface area contributed by atoms with Gasteiger partial charge in [-0.25, -0.2) is 0 Å². The molecule has 0 radical (unpaired) electrons. The van der Waals surface area contributed by atoms with Crippen molar-refractivity contribution in [2.24, 2.45) is 0 Å². The van der Waals surface area contributed by atoms with Crippen LogP contribution in [0.3, 0.4) is 0 Å². The Labute approximate surface area is 109 Å². The van der Waals surface area contributed by atoms with Crippen LogP contribution in [0.25, 0.3) is 0 Å². The lowest BCUT2D eigenvalue weighted by molar-refractivity contribution is 0.221. The minimum atomic E-state index is -0.0675. The van der Waals surface area contributed by atoms with Gasteiger partial charge in [0.05, 0.1) is 19.8 Å².